The van der Waals surface area contributed by atoms with E-state index in [4.69, 9.17) is 4.74 Å². The van der Waals surface area contributed by atoms with Crippen molar-refractivity contribution in [3.05, 3.63) is 35.3 Å². The Kier molecular flexibility index (Phi) is 4.93. The lowest BCUT2D eigenvalue weighted by atomic mass is 9.98. The number of aliphatic hydroxyl groups excluding tert-OH is 1. The van der Waals surface area contributed by atoms with Gasteiger partial charge in [-0.2, -0.15) is 0 Å². The molecule has 2 aromatic rings. The van der Waals surface area contributed by atoms with Crippen LogP contribution in [0, 0.1) is 5.92 Å². The van der Waals surface area contributed by atoms with Crippen molar-refractivity contribution in [2.45, 2.75) is 12.8 Å². The summed E-state index contributed by atoms with van der Waals surface area (Å²) in [6.45, 7) is 1.58. The second kappa shape index (κ2) is 7.10. The molecule has 0 saturated carbocycles. The summed E-state index contributed by atoms with van der Waals surface area (Å²) < 4.78 is 5.36. The number of hydrogen-bond acceptors (Lipinski definition) is 5. The summed E-state index contributed by atoms with van der Waals surface area (Å²) >= 11 is 1.45. The highest BCUT2D eigenvalue weighted by Crippen LogP contribution is 2.32. The van der Waals surface area contributed by atoms with Gasteiger partial charge in [0.25, 0.3) is 5.91 Å². The third-order valence-corrected chi connectivity index (χ3v) is 5.10. The van der Waals surface area contributed by atoms with Crippen LogP contribution in [-0.4, -0.2) is 47.7 Å². The number of amides is 1. The van der Waals surface area contributed by atoms with E-state index in [1.807, 2.05) is 34.5 Å². The Balaban J connectivity index is 1.75. The molecule has 0 unspecified atom stereocenters. The van der Waals surface area contributed by atoms with E-state index in [0.29, 0.717) is 24.7 Å². The Morgan fingerprint density at radius 1 is 1.39 bits per heavy atom. The number of aliphatic hydroxyl groups is 1. The summed E-state index contributed by atoms with van der Waals surface area (Å²) in [6, 6.07) is 7.67. The van der Waals surface area contributed by atoms with E-state index in [9.17, 15) is 9.90 Å². The minimum atomic E-state index is -0.0289. The van der Waals surface area contributed by atoms with Gasteiger partial charge >= 0.3 is 0 Å². The average Bonchev–Trinajstić information content (AvgIpc) is 3.11. The van der Waals surface area contributed by atoms with E-state index in [1.54, 1.807) is 7.11 Å². The van der Waals surface area contributed by atoms with Crippen LogP contribution in [0.5, 0.6) is 5.75 Å². The molecule has 1 saturated heterocycles. The number of carbonyl (C=O) groups is 1. The largest absolute Gasteiger partial charge is 0.496 e. The maximum absolute atomic E-state index is 12.6. The van der Waals surface area contributed by atoms with Gasteiger partial charge in [-0.05, 0) is 30.9 Å². The molecule has 1 amide bonds. The van der Waals surface area contributed by atoms with Gasteiger partial charge in [-0.3, -0.25) is 4.79 Å². The molecule has 1 aliphatic rings. The van der Waals surface area contributed by atoms with E-state index in [0.717, 1.165) is 29.2 Å². The van der Waals surface area contributed by atoms with E-state index in [2.05, 4.69) is 4.98 Å². The number of hydrogen-bond donors (Lipinski definition) is 1. The Labute approximate surface area is 139 Å². The molecule has 1 fully saturated rings. The summed E-state index contributed by atoms with van der Waals surface area (Å²) in [5.41, 5.74) is 1.39. The standard InChI is InChI=1S/C17H20N2O3S/c1-22-15-5-3-2-4-13(15)16-18-14(11-23-16)17(21)19-8-6-12(10-20)7-9-19/h2-5,11-12,20H,6-10H2,1H3. The number of benzene rings is 1. The molecule has 5 nitrogen and oxygen atoms in total. The number of likely N-dealkylation sites (tertiary alicyclic amines) is 1. The first-order valence-electron chi connectivity index (χ1n) is 7.72. The van der Waals surface area contributed by atoms with Crippen LogP contribution in [-0.2, 0) is 0 Å². The lowest BCUT2D eigenvalue weighted by molar-refractivity contribution is 0.0646. The highest BCUT2D eigenvalue weighted by Gasteiger charge is 2.25. The molecule has 6 heteroatoms. The molecule has 1 aromatic heterocycles. The van der Waals surface area contributed by atoms with Crippen LogP contribution < -0.4 is 4.74 Å². The molecule has 23 heavy (non-hydrogen) atoms. The quantitative estimate of drug-likeness (QED) is 0.935. The minimum Gasteiger partial charge on any atom is -0.496 e. The molecular formula is C17H20N2O3S. The van der Waals surface area contributed by atoms with Crippen LogP contribution >= 0.6 is 11.3 Å². The fraction of sp³-hybridized carbons (Fsp3) is 0.412. The topological polar surface area (TPSA) is 62.7 Å². The highest BCUT2D eigenvalue weighted by molar-refractivity contribution is 7.13. The van der Waals surface area contributed by atoms with Crippen LogP contribution in [0.2, 0.25) is 0 Å². The molecular weight excluding hydrogens is 312 g/mol. The number of para-hydroxylation sites is 1. The van der Waals surface area contributed by atoms with Crippen molar-refractivity contribution in [1.82, 2.24) is 9.88 Å². The molecule has 1 N–H and O–H groups in total. The number of methoxy groups -OCH3 is 1. The first-order chi connectivity index (χ1) is 11.2. The maximum atomic E-state index is 12.6. The van der Waals surface area contributed by atoms with Gasteiger partial charge in [-0.25, -0.2) is 4.98 Å². The van der Waals surface area contributed by atoms with Crippen molar-refractivity contribution in [3.8, 4) is 16.3 Å². The summed E-state index contributed by atoms with van der Waals surface area (Å²) in [4.78, 5) is 18.9. The van der Waals surface area contributed by atoms with E-state index in [-0.39, 0.29) is 12.5 Å². The van der Waals surface area contributed by atoms with E-state index >= 15 is 0 Å². The van der Waals surface area contributed by atoms with E-state index in [1.165, 1.54) is 11.3 Å². The van der Waals surface area contributed by atoms with Gasteiger partial charge in [0.15, 0.2) is 0 Å². The van der Waals surface area contributed by atoms with Gasteiger partial charge in [-0.15, -0.1) is 11.3 Å². The van der Waals surface area contributed by atoms with Gasteiger partial charge < -0.3 is 14.7 Å². The summed E-state index contributed by atoms with van der Waals surface area (Å²) in [5.74, 6) is 1.04. The average molecular weight is 332 g/mol. The van der Waals surface area contributed by atoms with Gasteiger partial charge in [0.2, 0.25) is 0 Å². The predicted molar refractivity (Wildman–Crippen MR) is 89.8 cm³/mol. The summed E-state index contributed by atoms with van der Waals surface area (Å²) in [7, 11) is 1.63. The van der Waals surface area contributed by atoms with Crippen LogP contribution in [0.3, 0.4) is 0 Å². The van der Waals surface area contributed by atoms with Gasteiger partial charge in [0, 0.05) is 25.1 Å². The monoisotopic (exact) mass is 332 g/mol. The number of carbonyl (C=O) groups excluding carboxylic acids is 1. The van der Waals surface area contributed by atoms with Crippen molar-refractivity contribution < 1.29 is 14.6 Å². The Morgan fingerprint density at radius 2 is 2.13 bits per heavy atom. The maximum Gasteiger partial charge on any atom is 0.273 e. The number of nitrogens with zero attached hydrogens (tertiary/aromatic N) is 2. The molecule has 1 aliphatic heterocycles. The molecule has 0 aliphatic carbocycles. The second-order valence-corrected chi connectivity index (χ2v) is 6.51. The Hall–Kier alpha value is -1.92. The molecule has 2 heterocycles. The number of rotatable bonds is 4. The molecule has 1 aromatic carbocycles. The zero-order valence-corrected chi connectivity index (χ0v) is 13.9. The number of piperidine rings is 1. The van der Waals surface area contributed by atoms with Crippen molar-refractivity contribution in [3.63, 3.8) is 0 Å². The first kappa shape index (κ1) is 16.0. The van der Waals surface area contributed by atoms with Crippen LogP contribution in [0.4, 0.5) is 0 Å². The number of ether oxygens (including phenoxy) is 1. The van der Waals surface area contributed by atoms with Crippen molar-refractivity contribution >= 4 is 17.2 Å². The number of aromatic nitrogens is 1. The lowest BCUT2D eigenvalue weighted by Gasteiger charge is -2.30. The third kappa shape index (κ3) is 3.38. The molecule has 0 bridgehead atoms. The van der Waals surface area contributed by atoms with Crippen LogP contribution in [0.25, 0.3) is 10.6 Å². The Morgan fingerprint density at radius 3 is 2.83 bits per heavy atom. The van der Waals surface area contributed by atoms with Gasteiger partial charge in [0.05, 0.1) is 12.7 Å². The van der Waals surface area contributed by atoms with Crippen LogP contribution in [0.15, 0.2) is 29.6 Å². The smallest absolute Gasteiger partial charge is 0.273 e. The fourth-order valence-electron chi connectivity index (χ4n) is 2.80. The normalized spacial score (nSPS) is 15.7. The molecule has 0 radical (unpaired) electrons. The molecule has 3 rings (SSSR count). The Bertz CT molecular complexity index is 678. The minimum absolute atomic E-state index is 0.0289. The SMILES string of the molecule is COc1ccccc1-c1nc(C(=O)N2CCC(CO)CC2)cs1. The molecule has 0 spiro atoms. The predicted octanol–water partition coefficient (Wildman–Crippen LogP) is 2.66. The number of thiazole rings is 1. The second-order valence-electron chi connectivity index (χ2n) is 5.66. The summed E-state index contributed by atoms with van der Waals surface area (Å²) in [6.07, 6.45) is 1.71. The molecule has 122 valence electrons. The highest BCUT2D eigenvalue weighted by atomic mass is 32.1. The zero-order chi connectivity index (χ0) is 16.2. The fourth-order valence-corrected chi connectivity index (χ4v) is 3.62. The van der Waals surface area contributed by atoms with Gasteiger partial charge in [-0.1, -0.05) is 12.1 Å². The van der Waals surface area contributed by atoms with Crippen molar-refractivity contribution in [1.29, 1.82) is 0 Å². The summed E-state index contributed by atoms with van der Waals surface area (Å²) in [5, 5.41) is 11.8. The van der Waals surface area contributed by atoms with Crippen molar-refractivity contribution in [2.75, 3.05) is 26.8 Å². The lowest BCUT2D eigenvalue weighted by Crippen LogP contribution is -2.39. The first-order valence-corrected chi connectivity index (χ1v) is 8.60. The molecule has 0 atom stereocenters. The van der Waals surface area contributed by atoms with Crippen LogP contribution in [0.1, 0.15) is 23.3 Å². The zero-order valence-electron chi connectivity index (χ0n) is 13.1. The van der Waals surface area contributed by atoms with Gasteiger partial charge in [0.1, 0.15) is 16.5 Å². The van der Waals surface area contributed by atoms with E-state index < -0.39 is 0 Å². The van der Waals surface area contributed by atoms with Crippen molar-refractivity contribution in [2.24, 2.45) is 5.92 Å². The third-order valence-electron chi connectivity index (χ3n) is 4.22.